The first-order chi connectivity index (χ1) is 10.5. The van der Waals surface area contributed by atoms with Crippen molar-refractivity contribution < 1.29 is 4.79 Å². The van der Waals surface area contributed by atoms with Crippen LogP contribution in [-0.4, -0.2) is 25.4 Å². The lowest BCUT2D eigenvalue weighted by atomic mass is 9.76. The normalized spacial score (nSPS) is 16.7. The van der Waals surface area contributed by atoms with E-state index in [0.29, 0.717) is 23.6 Å². The van der Waals surface area contributed by atoms with Crippen LogP contribution >= 0.6 is 0 Å². The van der Waals surface area contributed by atoms with Gasteiger partial charge in [0.25, 0.3) is 5.78 Å². The number of hydrogen-bond donors (Lipinski definition) is 0. The Labute approximate surface area is 128 Å². The van der Waals surface area contributed by atoms with E-state index >= 15 is 0 Å². The van der Waals surface area contributed by atoms with Crippen molar-refractivity contribution in [1.29, 1.82) is 0 Å². The zero-order valence-corrected chi connectivity index (χ0v) is 12.6. The highest BCUT2D eigenvalue weighted by atomic mass is 16.1. The molecule has 0 radical (unpaired) electrons. The molecule has 0 atom stereocenters. The van der Waals surface area contributed by atoms with Gasteiger partial charge in [-0.15, -0.1) is 5.10 Å². The van der Waals surface area contributed by atoms with Crippen molar-refractivity contribution in [2.45, 2.75) is 26.7 Å². The molecule has 1 aliphatic rings. The van der Waals surface area contributed by atoms with Crippen molar-refractivity contribution in [2.24, 2.45) is 5.41 Å². The molecule has 0 amide bonds. The van der Waals surface area contributed by atoms with Gasteiger partial charge in [0.15, 0.2) is 11.6 Å². The van der Waals surface area contributed by atoms with Crippen molar-refractivity contribution in [3.63, 3.8) is 0 Å². The molecule has 2 aromatic heterocycles. The van der Waals surface area contributed by atoms with Crippen LogP contribution in [0.5, 0.6) is 0 Å². The van der Waals surface area contributed by atoms with E-state index in [-0.39, 0.29) is 11.2 Å². The maximum atomic E-state index is 12.3. The summed E-state index contributed by atoms with van der Waals surface area (Å²) in [5, 5.41) is 4.45. The first-order valence-corrected chi connectivity index (χ1v) is 7.37. The molecule has 0 N–H and O–H groups in total. The first-order valence-electron chi connectivity index (χ1n) is 7.37. The van der Waals surface area contributed by atoms with Crippen LogP contribution in [0, 0.1) is 5.41 Å². The summed E-state index contributed by atoms with van der Waals surface area (Å²) in [6, 6.07) is 9.78. The molecule has 3 aromatic rings. The van der Waals surface area contributed by atoms with Gasteiger partial charge in [-0.25, -0.2) is 9.50 Å². The van der Waals surface area contributed by atoms with E-state index in [1.165, 1.54) is 0 Å². The predicted molar refractivity (Wildman–Crippen MR) is 82.7 cm³/mol. The standard InChI is InChI=1S/C17H16N4O/c1-17(2)8-13-12(14(22)9-17)10-21-16(18-13)19-15(20-21)11-6-4-3-5-7-11/h3-7,10H,8-9H2,1-2H3. The molecular formula is C17H16N4O. The highest BCUT2D eigenvalue weighted by Crippen LogP contribution is 2.33. The summed E-state index contributed by atoms with van der Waals surface area (Å²) in [4.78, 5) is 21.4. The minimum Gasteiger partial charge on any atom is -0.294 e. The average Bonchev–Trinajstić information content (AvgIpc) is 2.88. The lowest BCUT2D eigenvalue weighted by Crippen LogP contribution is -2.28. The average molecular weight is 292 g/mol. The third-order valence-electron chi connectivity index (χ3n) is 4.03. The Morgan fingerprint density at radius 2 is 1.86 bits per heavy atom. The van der Waals surface area contributed by atoms with Gasteiger partial charge in [0.1, 0.15) is 0 Å². The summed E-state index contributed by atoms with van der Waals surface area (Å²) in [6.07, 6.45) is 3.11. The highest BCUT2D eigenvalue weighted by Gasteiger charge is 2.32. The number of nitrogens with zero attached hydrogens (tertiary/aromatic N) is 4. The molecule has 1 aromatic carbocycles. The Hall–Kier alpha value is -2.56. The Kier molecular flexibility index (Phi) is 2.66. The molecule has 0 saturated carbocycles. The Balaban J connectivity index is 1.87. The smallest absolute Gasteiger partial charge is 0.252 e. The molecular weight excluding hydrogens is 276 g/mol. The molecule has 110 valence electrons. The fourth-order valence-corrected chi connectivity index (χ4v) is 2.98. The second-order valence-electron chi connectivity index (χ2n) is 6.59. The summed E-state index contributed by atoms with van der Waals surface area (Å²) >= 11 is 0. The molecule has 5 nitrogen and oxygen atoms in total. The molecule has 22 heavy (non-hydrogen) atoms. The summed E-state index contributed by atoms with van der Waals surface area (Å²) in [5.74, 6) is 1.31. The van der Waals surface area contributed by atoms with Crippen molar-refractivity contribution in [3.8, 4) is 11.4 Å². The van der Waals surface area contributed by atoms with Crippen LogP contribution in [0.4, 0.5) is 0 Å². The second-order valence-corrected chi connectivity index (χ2v) is 6.59. The third kappa shape index (κ3) is 2.09. The van der Waals surface area contributed by atoms with Gasteiger partial charge >= 0.3 is 0 Å². The number of hydrogen-bond acceptors (Lipinski definition) is 4. The third-order valence-corrected chi connectivity index (χ3v) is 4.03. The van der Waals surface area contributed by atoms with Crippen LogP contribution in [0.3, 0.4) is 0 Å². The number of aromatic nitrogens is 4. The molecule has 5 heteroatoms. The highest BCUT2D eigenvalue weighted by molar-refractivity contribution is 5.98. The molecule has 0 saturated heterocycles. The first kappa shape index (κ1) is 13.1. The van der Waals surface area contributed by atoms with Gasteiger partial charge in [0.2, 0.25) is 0 Å². The Morgan fingerprint density at radius 1 is 1.09 bits per heavy atom. The zero-order chi connectivity index (χ0) is 15.3. The van der Waals surface area contributed by atoms with E-state index in [2.05, 4.69) is 28.9 Å². The van der Waals surface area contributed by atoms with Gasteiger partial charge in [0, 0.05) is 18.2 Å². The quantitative estimate of drug-likeness (QED) is 0.692. The van der Waals surface area contributed by atoms with Gasteiger partial charge < -0.3 is 0 Å². The van der Waals surface area contributed by atoms with Crippen LogP contribution < -0.4 is 0 Å². The van der Waals surface area contributed by atoms with Crippen LogP contribution in [0.15, 0.2) is 36.5 Å². The number of carbonyl (C=O) groups excluding carboxylic acids is 1. The Bertz CT molecular complexity index is 880. The van der Waals surface area contributed by atoms with Crippen LogP contribution in [-0.2, 0) is 6.42 Å². The molecule has 0 spiro atoms. The van der Waals surface area contributed by atoms with E-state index in [0.717, 1.165) is 17.7 Å². The van der Waals surface area contributed by atoms with Crippen molar-refractivity contribution in [2.75, 3.05) is 0 Å². The van der Waals surface area contributed by atoms with Crippen molar-refractivity contribution >= 4 is 11.6 Å². The van der Waals surface area contributed by atoms with E-state index in [9.17, 15) is 4.79 Å². The number of ketones is 1. The molecule has 0 unspecified atom stereocenters. The van der Waals surface area contributed by atoms with Gasteiger partial charge in [-0.3, -0.25) is 4.79 Å². The lowest BCUT2D eigenvalue weighted by Gasteiger charge is -2.28. The van der Waals surface area contributed by atoms with Crippen molar-refractivity contribution in [1.82, 2.24) is 19.6 Å². The van der Waals surface area contributed by atoms with E-state index in [1.54, 1.807) is 10.7 Å². The number of benzene rings is 1. The van der Waals surface area contributed by atoms with E-state index in [1.807, 2.05) is 30.3 Å². The zero-order valence-electron chi connectivity index (χ0n) is 12.6. The van der Waals surface area contributed by atoms with Gasteiger partial charge in [-0.2, -0.15) is 4.98 Å². The van der Waals surface area contributed by atoms with Gasteiger partial charge in [-0.05, 0) is 11.8 Å². The topological polar surface area (TPSA) is 60.2 Å². The Morgan fingerprint density at radius 3 is 2.64 bits per heavy atom. The SMILES string of the molecule is CC1(C)CC(=O)c2cn3nc(-c4ccccc4)nc3nc2C1. The molecule has 4 rings (SSSR count). The van der Waals surface area contributed by atoms with Crippen molar-refractivity contribution in [3.05, 3.63) is 47.8 Å². The predicted octanol–water partition coefficient (Wildman–Crippen LogP) is 2.95. The minimum atomic E-state index is -0.0439. The van der Waals surface area contributed by atoms with E-state index < -0.39 is 0 Å². The summed E-state index contributed by atoms with van der Waals surface area (Å²) in [5.41, 5.74) is 2.41. The fraction of sp³-hybridized carbons (Fsp3) is 0.294. The molecule has 0 aliphatic heterocycles. The molecule has 2 heterocycles. The van der Waals surface area contributed by atoms with Gasteiger partial charge in [0.05, 0.1) is 11.3 Å². The number of rotatable bonds is 1. The largest absolute Gasteiger partial charge is 0.294 e. The van der Waals surface area contributed by atoms with Gasteiger partial charge in [-0.1, -0.05) is 44.2 Å². The fourth-order valence-electron chi connectivity index (χ4n) is 2.98. The summed E-state index contributed by atoms with van der Waals surface area (Å²) in [6.45, 7) is 4.19. The number of carbonyl (C=O) groups is 1. The van der Waals surface area contributed by atoms with Crippen LogP contribution in [0.1, 0.15) is 36.3 Å². The van der Waals surface area contributed by atoms with E-state index in [4.69, 9.17) is 0 Å². The van der Waals surface area contributed by atoms with Crippen LogP contribution in [0.2, 0.25) is 0 Å². The lowest BCUT2D eigenvalue weighted by molar-refractivity contribution is 0.0909. The summed E-state index contributed by atoms with van der Waals surface area (Å²) < 4.78 is 1.61. The minimum absolute atomic E-state index is 0.0439. The summed E-state index contributed by atoms with van der Waals surface area (Å²) in [7, 11) is 0. The number of Topliss-reactive ketones (excluding diaryl/α,β-unsaturated/α-hetero) is 1. The number of fused-ring (bicyclic) bond motifs is 2. The molecule has 0 bridgehead atoms. The second kappa shape index (κ2) is 4.47. The monoisotopic (exact) mass is 292 g/mol. The maximum absolute atomic E-state index is 12.3. The maximum Gasteiger partial charge on any atom is 0.252 e. The molecule has 1 aliphatic carbocycles. The molecule has 0 fully saturated rings. The van der Waals surface area contributed by atoms with Crippen LogP contribution in [0.25, 0.3) is 17.2 Å².